The minimum atomic E-state index is -1.01. The lowest BCUT2D eigenvalue weighted by molar-refractivity contribution is -0.115. The van der Waals surface area contributed by atoms with Crippen molar-refractivity contribution in [1.29, 1.82) is 0 Å². The number of carbonyl (C=O) groups is 2. The Morgan fingerprint density at radius 3 is 2.58 bits per heavy atom. The van der Waals surface area contributed by atoms with Crippen molar-refractivity contribution in [3.8, 4) is 0 Å². The summed E-state index contributed by atoms with van der Waals surface area (Å²) in [7, 11) is 0. The third-order valence-electron chi connectivity index (χ3n) is 3.78. The summed E-state index contributed by atoms with van der Waals surface area (Å²) >= 11 is 0. The molecule has 0 aromatic heterocycles. The van der Waals surface area contributed by atoms with E-state index >= 15 is 0 Å². The van der Waals surface area contributed by atoms with Gasteiger partial charge in [-0.25, -0.2) is 13.6 Å². The average molecular weight is 341 g/mol. The van der Waals surface area contributed by atoms with Crippen molar-refractivity contribution in [3.05, 3.63) is 29.8 Å². The number of hydrogen-bond donors (Lipinski definition) is 2. The highest BCUT2D eigenvalue weighted by molar-refractivity contribution is 5.92. The minimum absolute atomic E-state index is 0.0586. The molecule has 1 aliphatic rings. The molecule has 132 valence electrons. The molecule has 1 heterocycles. The number of anilines is 1. The molecule has 8 heteroatoms. The monoisotopic (exact) mass is 341 g/mol. The van der Waals surface area contributed by atoms with E-state index in [4.69, 9.17) is 4.74 Å². The highest BCUT2D eigenvalue weighted by atomic mass is 19.2. The molecule has 1 saturated heterocycles. The molecule has 2 amide bonds. The van der Waals surface area contributed by atoms with Gasteiger partial charge in [-0.1, -0.05) is 0 Å². The highest BCUT2D eigenvalue weighted by Crippen LogP contribution is 2.13. The Labute approximate surface area is 139 Å². The summed E-state index contributed by atoms with van der Waals surface area (Å²) in [5.74, 6) is -2.31. The second kappa shape index (κ2) is 8.58. The predicted molar refractivity (Wildman–Crippen MR) is 84.6 cm³/mol. The summed E-state index contributed by atoms with van der Waals surface area (Å²) < 4.78 is 30.9. The van der Waals surface area contributed by atoms with Crippen LogP contribution in [-0.2, 0) is 9.53 Å². The molecular formula is C16H21F2N3O3. The second-order valence-corrected chi connectivity index (χ2v) is 5.52. The molecule has 1 aromatic carbocycles. The van der Waals surface area contributed by atoms with Gasteiger partial charge in [0.15, 0.2) is 11.6 Å². The van der Waals surface area contributed by atoms with Gasteiger partial charge in [0.2, 0.25) is 5.91 Å². The molecule has 0 saturated carbocycles. The van der Waals surface area contributed by atoms with E-state index in [9.17, 15) is 18.4 Å². The molecule has 2 rings (SSSR count). The first-order chi connectivity index (χ1) is 11.5. The van der Waals surface area contributed by atoms with E-state index in [1.165, 1.54) is 6.07 Å². The number of rotatable bonds is 5. The van der Waals surface area contributed by atoms with Crippen LogP contribution in [0, 0.1) is 11.6 Å². The topological polar surface area (TPSA) is 70.7 Å². The lowest BCUT2D eigenvalue weighted by Crippen LogP contribution is -2.46. The zero-order chi connectivity index (χ0) is 17.5. The van der Waals surface area contributed by atoms with Crippen LogP contribution in [0.5, 0.6) is 0 Å². The molecule has 1 aromatic rings. The molecule has 0 spiro atoms. The Balaban J connectivity index is 1.71. The van der Waals surface area contributed by atoms with E-state index in [-0.39, 0.29) is 30.3 Å². The van der Waals surface area contributed by atoms with Crippen molar-refractivity contribution in [2.75, 3.05) is 31.6 Å². The maximum Gasteiger partial charge on any atom is 0.409 e. The molecule has 0 aliphatic carbocycles. The summed E-state index contributed by atoms with van der Waals surface area (Å²) in [6.07, 6.45) is 1.13. The van der Waals surface area contributed by atoms with Gasteiger partial charge in [0.25, 0.3) is 0 Å². The van der Waals surface area contributed by atoms with Crippen LogP contribution in [0.15, 0.2) is 18.2 Å². The van der Waals surface area contributed by atoms with Crippen LogP contribution < -0.4 is 10.6 Å². The molecule has 1 fully saturated rings. The van der Waals surface area contributed by atoms with Gasteiger partial charge < -0.3 is 20.3 Å². The third kappa shape index (κ3) is 5.16. The number of nitrogens with one attached hydrogen (secondary N) is 2. The van der Waals surface area contributed by atoms with E-state index in [0.717, 1.165) is 25.0 Å². The SMILES string of the molecule is CCOC(=O)N1CCC(NCC(=O)Nc2ccc(F)c(F)c2)CC1. The van der Waals surface area contributed by atoms with Gasteiger partial charge in [-0.05, 0) is 31.9 Å². The molecule has 24 heavy (non-hydrogen) atoms. The largest absolute Gasteiger partial charge is 0.450 e. The van der Waals surface area contributed by atoms with Crippen LogP contribution in [0.3, 0.4) is 0 Å². The van der Waals surface area contributed by atoms with Crippen molar-refractivity contribution in [3.63, 3.8) is 0 Å². The fourth-order valence-electron chi connectivity index (χ4n) is 2.50. The predicted octanol–water partition coefficient (Wildman–Crippen LogP) is 2.11. The fraction of sp³-hybridized carbons (Fsp3) is 0.500. The number of ether oxygens (including phenoxy) is 1. The molecule has 6 nitrogen and oxygen atoms in total. The highest BCUT2D eigenvalue weighted by Gasteiger charge is 2.23. The van der Waals surface area contributed by atoms with Crippen molar-refractivity contribution < 1.29 is 23.1 Å². The summed E-state index contributed by atoms with van der Waals surface area (Å²) in [5, 5.41) is 5.60. The van der Waals surface area contributed by atoms with Crippen molar-refractivity contribution in [2.45, 2.75) is 25.8 Å². The molecular weight excluding hydrogens is 320 g/mol. The Kier molecular flexibility index (Phi) is 6.48. The quantitative estimate of drug-likeness (QED) is 0.861. The second-order valence-electron chi connectivity index (χ2n) is 5.52. The molecule has 0 bridgehead atoms. The van der Waals surface area contributed by atoms with Gasteiger partial charge in [0.05, 0.1) is 13.2 Å². The maximum absolute atomic E-state index is 13.1. The summed E-state index contributed by atoms with van der Waals surface area (Å²) in [6, 6.07) is 3.31. The van der Waals surface area contributed by atoms with E-state index in [1.807, 2.05) is 0 Å². The first-order valence-corrected chi connectivity index (χ1v) is 7.89. The van der Waals surface area contributed by atoms with Gasteiger partial charge in [-0.15, -0.1) is 0 Å². The van der Waals surface area contributed by atoms with Gasteiger partial charge >= 0.3 is 6.09 Å². The minimum Gasteiger partial charge on any atom is -0.450 e. The number of amides is 2. The third-order valence-corrected chi connectivity index (χ3v) is 3.78. The normalized spacial score (nSPS) is 15.2. The Hall–Kier alpha value is -2.22. The van der Waals surface area contributed by atoms with Crippen molar-refractivity contribution in [2.24, 2.45) is 0 Å². The lowest BCUT2D eigenvalue weighted by Gasteiger charge is -2.31. The Morgan fingerprint density at radius 2 is 1.96 bits per heavy atom. The van der Waals surface area contributed by atoms with E-state index in [1.54, 1.807) is 11.8 Å². The number of carbonyl (C=O) groups excluding carboxylic acids is 2. The Morgan fingerprint density at radius 1 is 1.25 bits per heavy atom. The van der Waals surface area contributed by atoms with Crippen LogP contribution in [0.2, 0.25) is 0 Å². The molecule has 1 aliphatic heterocycles. The van der Waals surface area contributed by atoms with E-state index in [0.29, 0.717) is 19.7 Å². The molecule has 0 radical (unpaired) electrons. The number of hydrogen-bond acceptors (Lipinski definition) is 4. The fourth-order valence-corrected chi connectivity index (χ4v) is 2.50. The van der Waals surface area contributed by atoms with Gasteiger partial charge in [-0.2, -0.15) is 0 Å². The zero-order valence-electron chi connectivity index (χ0n) is 13.5. The van der Waals surface area contributed by atoms with Crippen LogP contribution in [0.25, 0.3) is 0 Å². The maximum atomic E-state index is 13.1. The van der Waals surface area contributed by atoms with E-state index < -0.39 is 11.6 Å². The number of likely N-dealkylation sites (tertiary alicyclic amines) is 1. The van der Waals surface area contributed by atoms with Crippen molar-refractivity contribution >= 4 is 17.7 Å². The average Bonchev–Trinajstić information content (AvgIpc) is 2.57. The smallest absolute Gasteiger partial charge is 0.409 e. The summed E-state index contributed by atoms with van der Waals surface area (Å²) in [5.41, 5.74) is 0.206. The number of piperidine rings is 1. The van der Waals surface area contributed by atoms with Crippen LogP contribution in [0.1, 0.15) is 19.8 Å². The van der Waals surface area contributed by atoms with Crippen LogP contribution in [-0.4, -0.2) is 49.2 Å². The Bertz CT molecular complexity index is 590. The molecule has 0 atom stereocenters. The zero-order valence-corrected chi connectivity index (χ0v) is 13.5. The van der Waals surface area contributed by atoms with Gasteiger partial charge in [-0.3, -0.25) is 4.79 Å². The summed E-state index contributed by atoms with van der Waals surface area (Å²) in [4.78, 5) is 25.1. The van der Waals surface area contributed by atoms with Gasteiger partial charge in [0, 0.05) is 30.9 Å². The standard InChI is InChI=1S/C16H21F2N3O3/c1-2-24-16(23)21-7-5-11(6-8-21)19-10-15(22)20-12-3-4-13(17)14(18)9-12/h3-4,9,11,19H,2,5-8,10H2,1H3,(H,20,22). The van der Waals surface area contributed by atoms with Gasteiger partial charge in [0.1, 0.15) is 0 Å². The summed E-state index contributed by atoms with van der Waals surface area (Å²) in [6.45, 7) is 3.31. The van der Waals surface area contributed by atoms with Crippen LogP contribution >= 0.6 is 0 Å². The first kappa shape index (κ1) is 18.1. The number of benzene rings is 1. The lowest BCUT2D eigenvalue weighted by atomic mass is 10.1. The molecule has 0 unspecified atom stereocenters. The van der Waals surface area contributed by atoms with Crippen molar-refractivity contribution in [1.82, 2.24) is 10.2 Å². The first-order valence-electron chi connectivity index (χ1n) is 7.89. The number of nitrogens with zero attached hydrogens (tertiary/aromatic N) is 1. The molecule has 2 N–H and O–H groups in total. The van der Waals surface area contributed by atoms with Crippen LogP contribution in [0.4, 0.5) is 19.3 Å². The van der Waals surface area contributed by atoms with E-state index in [2.05, 4.69) is 10.6 Å². The number of halogens is 2.